The van der Waals surface area contributed by atoms with Crippen molar-refractivity contribution in [3.63, 3.8) is 0 Å². The second-order valence-electron chi connectivity index (χ2n) is 4.06. The van der Waals surface area contributed by atoms with Gasteiger partial charge in [-0.1, -0.05) is 15.9 Å². The number of nitrogens with two attached hydrogens (primary N) is 2. The summed E-state index contributed by atoms with van der Waals surface area (Å²) < 4.78 is 7.99. The number of thiophene rings is 1. The van der Waals surface area contributed by atoms with E-state index < -0.39 is 11.9 Å². The van der Waals surface area contributed by atoms with Gasteiger partial charge in [0.1, 0.15) is 5.69 Å². The Kier molecular flexibility index (Phi) is 2.91. The fourth-order valence-corrected chi connectivity index (χ4v) is 3.45. The maximum absolute atomic E-state index is 11.4. The van der Waals surface area contributed by atoms with E-state index in [0.717, 1.165) is 14.6 Å². The van der Waals surface area contributed by atoms with Gasteiger partial charge >= 0.3 is 6.03 Å². The molecule has 0 atom stereocenters. The van der Waals surface area contributed by atoms with Crippen molar-refractivity contribution in [2.75, 3.05) is 5.32 Å². The number of benzene rings is 1. The Morgan fingerprint density at radius 2 is 2.05 bits per heavy atom. The van der Waals surface area contributed by atoms with Crippen LogP contribution >= 0.6 is 27.3 Å². The van der Waals surface area contributed by atoms with Crippen molar-refractivity contribution in [2.45, 2.75) is 0 Å². The van der Waals surface area contributed by atoms with E-state index in [2.05, 4.69) is 21.2 Å². The fourth-order valence-electron chi connectivity index (χ4n) is 1.98. The highest BCUT2D eigenvalue weighted by Gasteiger charge is 2.23. The minimum Gasteiger partial charge on any atom is -0.447 e. The Morgan fingerprint density at radius 3 is 2.70 bits per heavy atom. The molecule has 1 aromatic carbocycles. The molecule has 3 amide bonds. The van der Waals surface area contributed by atoms with Crippen LogP contribution in [0.1, 0.15) is 10.6 Å². The van der Waals surface area contributed by atoms with Gasteiger partial charge < -0.3 is 21.2 Å². The number of furan rings is 1. The summed E-state index contributed by atoms with van der Waals surface area (Å²) in [5, 5.41) is 3.23. The van der Waals surface area contributed by atoms with E-state index in [-0.39, 0.29) is 11.4 Å². The lowest BCUT2D eigenvalue weighted by Gasteiger charge is -1.99. The molecule has 0 saturated heterocycles. The highest BCUT2D eigenvalue weighted by molar-refractivity contribution is 9.10. The van der Waals surface area contributed by atoms with Crippen LogP contribution in [0.4, 0.5) is 10.5 Å². The van der Waals surface area contributed by atoms with Gasteiger partial charge in [-0.2, -0.15) is 0 Å². The molecule has 0 bridgehead atoms. The number of anilines is 1. The predicted octanol–water partition coefficient (Wildman–Crippen LogP) is 3.00. The van der Waals surface area contributed by atoms with E-state index in [9.17, 15) is 9.59 Å². The molecular formula is C12H8BrN3O3S. The minimum absolute atomic E-state index is 0.105. The summed E-state index contributed by atoms with van der Waals surface area (Å²) in [6.07, 6.45) is 0. The van der Waals surface area contributed by atoms with E-state index in [0.29, 0.717) is 10.3 Å². The SMILES string of the molecule is NC(=O)Nc1c(C(N)=O)oc2c1sc1ccc(Br)cc12. The number of halogens is 1. The predicted molar refractivity (Wildman–Crippen MR) is 81.0 cm³/mol. The first kappa shape index (κ1) is 12.9. The topological polar surface area (TPSA) is 111 Å². The van der Waals surface area contributed by atoms with Crippen molar-refractivity contribution in [2.24, 2.45) is 11.5 Å². The van der Waals surface area contributed by atoms with Crippen LogP contribution < -0.4 is 16.8 Å². The Hall–Kier alpha value is -2.06. The molecule has 3 rings (SSSR count). The van der Waals surface area contributed by atoms with Crippen molar-refractivity contribution in [1.29, 1.82) is 0 Å². The molecular weight excluding hydrogens is 346 g/mol. The van der Waals surface area contributed by atoms with E-state index >= 15 is 0 Å². The number of nitrogens with one attached hydrogen (secondary N) is 1. The fraction of sp³-hybridized carbons (Fsp3) is 0. The highest BCUT2D eigenvalue weighted by Crippen LogP contribution is 2.42. The lowest BCUT2D eigenvalue weighted by Crippen LogP contribution is -2.21. The minimum atomic E-state index is -0.783. The van der Waals surface area contributed by atoms with Gasteiger partial charge in [-0.15, -0.1) is 11.3 Å². The van der Waals surface area contributed by atoms with Gasteiger partial charge in [0.2, 0.25) is 5.76 Å². The molecule has 0 spiro atoms. The van der Waals surface area contributed by atoms with E-state index in [1.807, 2.05) is 18.2 Å². The third-order valence-electron chi connectivity index (χ3n) is 2.73. The van der Waals surface area contributed by atoms with Crippen LogP contribution in [0.25, 0.3) is 20.4 Å². The molecule has 0 aliphatic carbocycles. The number of hydrogen-bond acceptors (Lipinski definition) is 4. The van der Waals surface area contributed by atoms with Gasteiger partial charge in [0, 0.05) is 14.6 Å². The van der Waals surface area contributed by atoms with E-state index in [1.165, 1.54) is 11.3 Å². The second kappa shape index (κ2) is 4.50. The molecule has 0 aliphatic rings. The molecule has 3 aromatic rings. The first-order chi connectivity index (χ1) is 9.47. The van der Waals surface area contributed by atoms with Crippen molar-refractivity contribution in [1.82, 2.24) is 0 Å². The Balaban J connectivity index is 2.38. The van der Waals surface area contributed by atoms with E-state index in [1.54, 1.807) is 0 Å². The zero-order valence-corrected chi connectivity index (χ0v) is 12.3. The van der Waals surface area contributed by atoms with Crippen LogP contribution in [0.5, 0.6) is 0 Å². The average Bonchev–Trinajstić information content (AvgIpc) is 2.86. The maximum atomic E-state index is 11.4. The summed E-state index contributed by atoms with van der Waals surface area (Å²) in [5.74, 6) is -0.868. The summed E-state index contributed by atoms with van der Waals surface area (Å²) in [5.41, 5.74) is 11.1. The normalized spacial score (nSPS) is 11.1. The second-order valence-corrected chi connectivity index (χ2v) is 6.03. The largest absolute Gasteiger partial charge is 0.447 e. The van der Waals surface area contributed by atoms with Crippen LogP contribution in [0.2, 0.25) is 0 Å². The van der Waals surface area contributed by atoms with Crippen molar-refractivity contribution >= 4 is 65.3 Å². The van der Waals surface area contributed by atoms with Gasteiger partial charge in [-0.3, -0.25) is 4.79 Å². The van der Waals surface area contributed by atoms with E-state index in [4.69, 9.17) is 15.9 Å². The molecule has 6 nitrogen and oxygen atoms in total. The molecule has 0 aliphatic heterocycles. The number of amides is 3. The average molecular weight is 354 g/mol. The molecule has 5 N–H and O–H groups in total. The van der Waals surface area contributed by atoms with Crippen LogP contribution in [0, 0.1) is 0 Å². The highest BCUT2D eigenvalue weighted by atomic mass is 79.9. The lowest BCUT2D eigenvalue weighted by atomic mass is 10.2. The number of carbonyl (C=O) groups excluding carboxylic acids is 2. The van der Waals surface area contributed by atoms with Crippen LogP contribution in [0.15, 0.2) is 27.1 Å². The zero-order chi connectivity index (χ0) is 14.4. The number of rotatable bonds is 2. The van der Waals surface area contributed by atoms with Crippen LogP contribution in [-0.2, 0) is 0 Å². The molecule has 0 radical (unpaired) electrons. The summed E-state index contributed by atoms with van der Waals surface area (Å²) in [4.78, 5) is 22.5. The third kappa shape index (κ3) is 1.93. The van der Waals surface area contributed by atoms with Crippen molar-refractivity contribution in [3.8, 4) is 0 Å². The van der Waals surface area contributed by atoms with Crippen LogP contribution in [0.3, 0.4) is 0 Å². The first-order valence-corrected chi connectivity index (χ1v) is 7.09. The number of urea groups is 1. The van der Waals surface area contributed by atoms with Crippen molar-refractivity contribution in [3.05, 3.63) is 28.4 Å². The van der Waals surface area contributed by atoms with Crippen LogP contribution in [-0.4, -0.2) is 11.9 Å². The van der Waals surface area contributed by atoms with Gasteiger partial charge in [-0.25, -0.2) is 4.79 Å². The van der Waals surface area contributed by atoms with Gasteiger partial charge in [0.15, 0.2) is 5.58 Å². The van der Waals surface area contributed by atoms with Gasteiger partial charge in [-0.05, 0) is 18.2 Å². The monoisotopic (exact) mass is 353 g/mol. The molecule has 20 heavy (non-hydrogen) atoms. The Bertz CT molecular complexity index is 868. The van der Waals surface area contributed by atoms with Crippen molar-refractivity contribution < 1.29 is 14.0 Å². The maximum Gasteiger partial charge on any atom is 0.316 e. The first-order valence-electron chi connectivity index (χ1n) is 5.48. The quantitative estimate of drug-likeness (QED) is 0.658. The zero-order valence-electron chi connectivity index (χ0n) is 9.90. The molecule has 8 heteroatoms. The molecule has 0 fully saturated rings. The lowest BCUT2D eigenvalue weighted by molar-refractivity contribution is 0.0977. The molecule has 2 aromatic heterocycles. The molecule has 2 heterocycles. The standard InChI is InChI=1S/C12H8BrN3O3S/c13-4-1-2-6-5(3-4)8-10(20-6)7(16-12(15)18)9(19-8)11(14)17/h1-3H,(H2,14,17)(H3,15,16,18). The Labute approximate surface area is 124 Å². The number of hydrogen-bond donors (Lipinski definition) is 3. The summed E-state index contributed by atoms with van der Waals surface area (Å²) >= 11 is 4.76. The number of carbonyl (C=O) groups is 2. The molecule has 0 saturated carbocycles. The Morgan fingerprint density at radius 1 is 1.30 bits per heavy atom. The summed E-state index contributed by atoms with van der Waals surface area (Å²) in [6, 6.07) is 4.90. The summed E-state index contributed by atoms with van der Waals surface area (Å²) in [6.45, 7) is 0. The van der Waals surface area contributed by atoms with Gasteiger partial charge in [0.25, 0.3) is 5.91 Å². The third-order valence-corrected chi connectivity index (χ3v) is 4.40. The molecule has 102 valence electrons. The summed E-state index contributed by atoms with van der Waals surface area (Å²) in [7, 11) is 0. The number of fused-ring (bicyclic) bond motifs is 3. The number of primary amides is 2. The smallest absolute Gasteiger partial charge is 0.316 e. The molecule has 0 unspecified atom stereocenters. The van der Waals surface area contributed by atoms with Gasteiger partial charge in [0.05, 0.1) is 4.70 Å².